The number of aliphatic imine (C=N–C) groups is 2. The number of nitrogens with zero attached hydrogens (tertiary/aromatic N) is 3. The molecule has 0 saturated carbocycles. The summed E-state index contributed by atoms with van der Waals surface area (Å²) in [5, 5.41) is 1.06. The second-order valence-corrected chi connectivity index (χ2v) is 5.57. The number of aromatic nitrogens is 1. The predicted molar refractivity (Wildman–Crippen MR) is 90.9 cm³/mol. The zero-order valence-electron chi connectivity index (χ0n) is 11.9. The van der Waals surface area contributed by atoms with E-state index in [-0.39, 0.29) is 0 Å². The average Bonchev–Trinajstić information content (AvgIpc) is 3.05. The molecule has 0 aliphatic carbocycles. The van der Waals surface area contributed by atoms with E-state index in [9.17, 15) is 0 Å². The summed E-state index contributed by atoms with van der Waals surface area (Å²) in [6, 6.07) is 0. The molecule has 1 fully saturated rings. The van der Waals surface area contributed by atoms with Crippen molar-refractivity contribution in [1.29, 1.82) is 0 Å². The van der Waals surface area contributed by atoms with Crippen molar-refractivity contribution in [2.75, 3.05) is 18.8 Å². The first kappa shape index (κ1) is 14.7. The van der Waals surface area contributed by atoms with E-state index in [1.165, 1.54) is 0 Å². The van der Waals surface area contributed by atoms with Gasteiger partial charge in [-0.25, -0.2) is 9.98 Å². The highest BCUT2D eigenvalue weighted by Gasteiger charge is 2.19. The Bertz CT molecular complexity index is 556. The predicted octanol–water partition coefficient (Wildman–Crippen LogP) is 3.78. The fourth-order valence-electron chi connectivity index (χ4n) is 2.19. The van der Waals surface area contributed by atoms with Crippen LogP contribution in [0.5, 0.6) is 0 Å². The van der Waals surface area contributed by atoms with Crippen LogP contribution in [0.15, 0.2) is 29.3 Å². The Morgan fingerprint density at radius 2 is 2.40 bits per heavy atom. The van der Waals surface area contributed by atoms with Gasteiger partial charge < -0.3 is 9.88 Å². The monoisotopic (exact) mass is 288 g/mol. The minimum Gasteiger partial charge on any atom is -0.350 e. The van der Waals surface area contributed by atoms with Crippen LogP contribution in [0.2, 0.25) is 0 Å². The maximum Gasteiger partial charge on any atom is 0.164 e. The van der Waals surface area contributed by atoms with E-state index in [4.69, 9.17) is 0 Å². The zero-order chi connectivity index (χ0) is 14.5. The summed E-state index contributed by atoms with van der Waals surface area (Å²) in [7, 11) is 0. The minimum absolute atomic E-state index is 0.709. The second-order valence-electron chi connectivity index (χ2n) is 4.50. The van der Waals surface area contributed by atoms with Crippen LogP contribution in [0.4, 0.5) is 5.82 Å². The standard InChI is InChI=1S/C15H20N4S/c1-5-7-19-8-9-20-15(19)18-11(3)13-10-17-14(16-4)12(13)6-2/h6,10,17H,2-5,7-9H2,1H3. The van der Waals surface area contributed by atoms with Crippen LogP contribution < -0.4 is 0 Å². The van der Waals surface area contributed by atoms with Gasteiger partial charge in [0.2, 0.25) is 0 Å². The number of nitrogens with one attached hydrogen (secondary N) is 1. The molecule has 4 nitrogen and oxygen atoms in total. The van der Waals surface area contributed by atoms with Gasteiger partial charge in [-0.2, -0.15) is 0 Å². The summed E-state index contributed by atoms with van der Waals surface area (Å²) in [6.07, 6.45) is 4.74. The summed E-state index contributed by atoms with van der Waals surface area (Å²) < 4.78 is 0. The molecule has 2 heterocycles. The lowest BCUT2D eigenvalue weighted by Gasteiger charge is -2.16. The fourth-order valence-corrected chi connectivity index (χ4v) is 3.22. The first-order valence-electron chi connectivity index (χ1n) is 6.67. The van der Waals surface area contributed by atoms with E-state index in [0.717, 1.165) is 47.3 Å². The first-order chi connectivity index (χ1) is 9.71. The topological polar surface area (TPSA) is 43.8 Å². The molecular formula is C15H20N4S. The molecule has 0 bridgehead atoms. The highest BCUT2D eigenvalue weighted by atomic mass is 32.2. The molecule has 1 saturated heterocycles. The van der Waals surface area contributed by atoms with Crippen LogP contribution in [0.1, 0.15) is 24.5 Å². The number of rotatable bonds is 6. The quantitative estimate of drug-likeness (QED) is 0.810. The van der Waals surface area contributed by atoms with Crippen molar-refractivity contribution in [3.8, 4) is 0 Å². The van der Waals surface area contributed by atoms with Crippen molar-refractivity contribution in [2.24, 2.45) is 9.98 Å². The Labute approximate surface area is 124 Å². The molecule has 106 valence electrons. The average molecular weight is 288 g/mol. The molecule has 1 aliphatic heterocycles. The minimum atomic E-state index is 0.709. The van der Waals surface area contributed by atoms with Crippen LogP contribution in [0, 0.1) is 0 Å². The number of aromatic amines is 1. The lowest BCUT2D eigenvalue weighted by molar-refractivity contribution is 0.460. The van der Waals surface area contributed by atoms with Crippen molar-refractivity contribution in [3.05, 3.63) is 30.5 Å². The second kappa shape index (κ2) is 6.61. The van der Waals surface area contributed by atoms with Crippen molar-refractivity contribution < 1.29 is 0 Å². The van der Waals surface area contributed by atoms with Crippen molar-refractivity contribution in [1.82, 2.24) is 9.88 Å². The molecule has 0 spiro atoms. The molecule has 0 amide bonds. The molecule has 1 N–H and O–H groups in total. The zero-order valence-corrected chi connectivity index (χ0v) is 12.7. The highest BCUT2D eigenvalue weighted by molar-refractivity contribution is 8.14. The lowest BCUT2D eigenvalue weighted by Crippen LogP contribution is -2.25. The molecule has 1 aromatic rings. The Kier molecular flexibility index (Phi) is 4.84. The van der Waals surface area contributed by atoms with Gasteiger partial charge in [-0.15, -0.1) is 0 Å². The number of H-pyrrole nitrogens is 1. The van der Waals surface area contributed by atoms with Gasteiger partial charge in [0.1, 0.15) is 5.82 Å². The van der Waals surface area contributed by atoms with Gasteiger partial charge in [0.05, 0.1) is 5.70 Å². The molecule has 0 radical (unpaired) electrons. The van der Waals surface area contributed by atoms with Crippen LogP contribution in [0.25, 0.3) is 11.8 Å². The molecular weight excluding hydrogens is 268 g/mol. The third-order valence-corrected chi connectivity index (χ3v) is 4.15. The van der Waals surface area contributed by atoms with Crippen LogP contribution in [-0.4, -0.2) is 40.6 Å². The number of amidine groups is 1. The summed E-state index contributed by atoms with van der Waals surface area (Å²) in [4.78, 5) is 14.0. The van der Waals surface area contributed by atoms with Gasteiger partial charge in [0, 0.05) is 36.2 Å². The van der Waals surface area contributed by atoms with Crippen LogP contribution in [0.3, 0.4) is 0 Å². The molecule has 20 heavy (non-hydrogen) atoms. The maximum absolute atomic E-state index is 4.68. The summed E-state index contributed by atoms with van der Waals surface area (Å²) in [6.45, 7) is 15.7. The van der Waals surface area contributed by atoms with Crippen LogP contribution >= 0.6 is 11.8 Å². The normalized spacial score (nSPS) is 16.6. The first-order valence-corrected chi connectivity index (χ1v) is 7.66. The Morgan fingerprint density at radius 3 is 3.05 bits per heavy atom. The largest absolute Gasteiger partial charge is 0.350 e. The van der Waals surface area contributed by atoms with Gasteiger partial charge in [-0.05, 0) is 13.1 Å². The van der Waals surface area contributed by atoms with Gasteiger partial charge >= 0.3 is 0 Å². The Hall–Kier alpha value is -1.75. The maximum atomic E-state index is 4.68. The van der Waals surface area contributed by atoms with Crippen molar-refractivity contribution >= 4 is 41.2 Å². The Morgan fingerprint density at radius 1 is 1.60 bits per heavy atom. The number of hydrogen-bond donors (Lipinski definition) is 1. The molecule has 2 rings (SSSR count). The van der Waals surface area contributed by atoms with Gasteiger partial charge in [-0.1, -0.05) is 37.9 Å². The van der Waals surface area contributed by atoms with Crippen molar-refractivity contribution in [3.63, 3.8) is 0 Å². The third kappa shape index (κ3) is 2.88. The number of thioether (sulfide) groups is 1. The van der Waals surface area contributed by atoms with E-state index in [2.05, 4.69) is 46.7 Å². The van der Waals surface area contributed by atoms with E-state index >= 15 is 0 Å². The van der Waals surface area contributed by atoms with Crippen LogP contribution in [-0.2, 0) is 0 Å². The fraction of sp³-hybridized carbons (Fsp3) is 0.333. The van der Waals surface area contributed by atoms with E-state index < -0.39 is 0 Å². The molecule has 0 aromatic carbocycles. The number of hydrogen-bond acceptors (Lipinski definition) is 3. The van der Waals surface area contributed by atoms with Gasteiger partial charge in [-0.3, -0.25) is 0 Å². The van der Waals surface area contributed by atoms with E-state index in [0.29, 0.717) is 5.82 Å². The van der Waals surface area contributed by atoms with E-state index in [1.807, 2.05) is 6.20 Å². The van der Waals surface area contributed by atoms with Gasteiger partial charge in [0.25, 0.3) is 0 Å². The molecule has 1 aliphatic rings. The lowest BCUT2D eigenvalue weighted by atomic mass is 10.1. The summed E-state index contributed by atoms with van der Waals surface area (Å²) in [5.41, 5.74) is 2.56. The molecule has 0 atom stereocenters. The Balaban J connectivity index is 2.25. The highest BCUT2D eigenvalue weighted by Crippen LogP contribution is 2.30. The van der Waals surface area contributed by atoms with E-state index in [1.54, 1.807) is 17.8 Å². The van der Waals surface area contributed by atoms with Crippen molar-refractivity contribution in [2.45, 2.75) is 13.3 Å². The molecule has 5 heteroatoms. The summed E-state index contributed by atoms with van der Waals surface area (Å²) >= 11 is 1.78. The summed E-state index contributed by atoms with van der Waals surface area (Å²) in [5.74, 6) is 1.80. The SMILES string of the molecule is C=Cc1c(C(=C)N=C2SCCN2CCC)c[nH]c1N=C. The van der Waals surface area contributed by atoms with Gasteiger partial charge in [0.15, 0.2) is 5.17 Å². The molecule has 0 unspecified atom stereocenters. The smallest absolute Gasteiger partial charge is 0.164 e. The third-order valence-electron chi connectivity index (χ3n) is 3.16. The molecule has 1 aromatic heterocycles.